The van der Waals surface area contributed by atoms with Crippen molar-refractivity contribution in [2.45, 2.75) is 64.6 Å². The van der Waals surface area contributed by atoms with E-state index in [9.17, 15) is 24.0 Å². The summed E-state index contributed by atoms with van der Waals surface area (Å²) in [5.41, 5.74) is 4.78. The van der Waals surface area contributed by atoms with Crippen LogP contribution in [0, 0.1) is 23.2 Å². The number of fused-ring (bicyclic) bond motifs is 3. The molecular weight excluding hydrogens is 873 g/mol. The van der Waals surface area contributed by atoms with Crippen LogP contribution >= 0.6 is 0 Å². The third-order valence-corrected chi connectivity index (χ3v) is 13.3. The van der Waals surface area contributed by atoms with E-state index >= 15 is 0 Å². The molecule has 2 saturated heterocycles. The highest BCUT2D eigenvalue weighted by atomic mass is 16.5. The number of carbonyl (C=O) groups is 5. The van der Waals surface area contributed by atoms with Gasteiger partial charge in [-0.1, -0.05) is 54.3 Å². The van der Waals surface area contributed by atoms with Crippen LogP contribution in [0.5, 0.6) is 5.75 Å². The molecule has 69 heavy (non-hydrogen) atoms. The molecule has 3 atom stereocenters. The molecule has 2 N–H and O–H groups in total. The van der Waals surface area contributed by atoms with Crippen LogP contribution in [-0.4, -0.2) is 106 Å². The number of ether oxygens (including phenoxy) is 2. The number of hydrogen-bond acceptors (Lipinski definition) is 12. The second kappa shape index (κ2) is 20.3. The lowest BCUT2D eigenvalue weighted by atomic mass is 9.74. The van der Waals surface area contributed by atoms with Gasteiger partial charge in [0, 0.05) is 53.9 Å². The first-order valence-electron chi connectivity index (χ1n) is 23.4. The number of nitrogens with one attached hydrogen (secondary N) is 2. The fourth-order valence-electron chi connectivity index (χ4n) is 9.32. The van der Waals surface area contributed by atoms with Crippen molar-refractivity contribution in [1.82, 2.24) is 35.0 Å². The molecular formula is C54H54N8O7. The van der Waals surface area contributed by atoms with E-state index in [1.807, 2.05) is 97.9 Å². The molecule has 2 aromatic heterocycles. The Morgan fingerprint density at radius 2 is 1.78 bits per heavy atom. The van der Waals surface area contributed by atoms with Gasteiger partial charge in [0.1, 0.15) is 35.4 Å². The van der Waals surface area contributed by atoms with Crippen molar-refractivity contribution in [1.29, 1.82) is 0 Å². The topological polar surface area (TPSA) is 176 Å². The molecule has 0 saturated carbocycles. The van der Waals surface area contributed by atoms with Crippen LogP contribution in [0.3, 0.4) is 0 Å². The number of likely N-dealkylation sites (tertiary alicyclic amines) is 1. The SMILES string of the molecule is CNc1nc(-c2cnc3ccccc3c2)nc2c1CCN(C(=O)c1ccc(COc3ccc(C#CCN(C)CCCCCOC4=CC=CC5C(=O)N(C6CCC(=O)NC6=O)C(=O)C45C)cc3)cc1)C2. The van der Waals surface area contributed by atoms with Crippen molar-refractivity contribution in [3.05, 3.63) is 137 Å². The number of unbranched alkanes of at least 4 members (excludes halogenated alkanes) is 2. The molecule has 3 aromatic carbocycles. The van der Waals surface area contributed by atoms with Gasteiger partial charge in [-0.05, 0) is 113 Å². The summed E-state index contributed by atoms with van der Waals surface area (Å²) in [5.74, 6) is 6.20. The van der Waals surface area contributed by atoms with E-state index in [2.05, 4.69) is 32.4 Å². The summed E-state index contributed by atoms with van der Waals surface area (Å²) in [4.78, 5) is 84.3. The number of nitrogens with zero attached hydrogens (tertiary/aromatic N) is 6. The summed E-state index contributed by atoms with van der Waals surface area (Å²) in [6.07, 6.45) is 10.3. The number of pyridine rings is 1. The molecule has 2 fully saturated rings. The second-order valence-electron chi connectivity index (χ2n) is 18.0. The number of rotatable bonds is 15. The Hall–Kier alpha value is -7.70. The number of hydrogen-bond donors (Lipinski definition) is 2. The first-order valence-corrected chi connectivity index (χ1v) is 23.4. The van der Waals surface area contributed by atoms with Gasteiger partial charge in [-0.15, -0.1) is 0 Å². The maximum atomic E-state index is 13.7. The van der Waals surface area contributed by atoms with Crippen LogP contribution < -0.4 is 15.4 Å². The zero-order valence-corrected chi connectivity index (χ0v) is 39.0. The van der Waals surface area contributed by atoms with Gasteiger partial charge >= 0.3 is 0 Å². The quantitative estimate of drug-likeness (QED) is 0.0689. The van der Waals surface area contributed by atoms with E-state index < -0.39 is 41.0 Å². The normalized spacial score (nSPS) is 19.7. The fourth-order valence-corrected chi connectivity index (χ4v) is 9.32. The number of benzene rings is 3. The number of piperidine rings is 1. The van der Waals surface area contributed by atoms with Gasteiger partial charge in [0.2, 0.25) is 23.6 Å². The standard InChI is InChI=1S/C54H54N8O7/c1-54-42(52(66)62(53(54)67)45-24-25-47(63)58-50(45)64)13-9-15-46(54)68-30-8-4-7-27-60(3)28-10-11-35-18-22-40(23-19-35)69-34-36-16-20-37(21-17-36)51(65)61-29-26-41-44(33-61)57-48(59-49(41)55-2)39-31-38-12-5-6-14-43(38)56-32-39/h5-6,9,12-23,31-32,42,45H,4,7-8,24-30,33-34H2,1-3H3,(H,55,57,59)(H,58,63,64). The van der Waals surface area contributed by atoms with Gasteiger partial charge in [0.05, 0.1) is 36.8 Å². The van der Waals surface area contributed by atoms with Gasteiger partial charge in [-0.3, -0.25) is 44.1 Å². The molecule has 0 bridgehead atoms. The van der Waals surface area contributed by atoms with Crippen LogP contribution in [0.4, 0.5) is 5.82 Å². The van der Waals surface area contributed by atoms with Crippen LogP contribution in [0.25, 0.3) is 22.3 Å². The third-order valence-electron chi connectivity index (χ3n) is 13.3. The Morgan fingerprint density at radius 1 is 0.971 bits per heavy atom. The van der Waals surface area contributed by atoms with E-state index in [1.54, 1.807) is 31.3 Å². The van der Waals surface area contributed by atoms with Crippen molar-refractivity contribution >= 4 is 46.3 Å². The molecule has 15 heteroatoms. The van der Waals surface area contributed by atoms with Crippen molar-refractivity contribution in [2.75, 3.05) is 45.7 Å². The van der Waals surface area contributed by atoms with Crippen molar-refractivity contribution < 1.29 is 33.4 Å². The molecule has 4 aliphatic rings. The largest absolute Gasteiger partial charge is 0.497 e. The highest BCUT2D eigenvalue weighted by Crippen LogP contribution is 2.48. The monoisotopic (exact) mass is 926 g/mol. The van der Waals surface area contributed by atoms with Crippen LogP contribution in [0.2, 0.25) is 0 Å². The molecule has 3 unspecified atom stereocenters. The first kappa shape index (κ1) is 46.4. The zero-order chi connectivity index (χ0) is 48.1. The molecule has 5 aromatic rings. The lowest BCUT2D eigenvalue weighted by molar-refractivity contribution is -0.152. The van der Waals surface area contributed by atoms with Gasteiger partial charge in [-0.2, -0.15) is 0 Å². The van der Waals surface area contributed by atoms with E-state index in [0.717, 1.165) is 81.1 Å². The smallest absolute Gasteiger partial charge is 0.254 e. The highest BCUT2D eigenvalue weighted by molar-refractivity contribution is 6.14. The Bertz CT molecular complexity index is 2940. The average molecular weight is 927 g/mol. The number of anilines is 1. The summed E-state index contributed by atoms with van der Waals surface area (Å²) in [6, 6.07) is 24.2. The minimum absolute atomic E-state index is 0.0517. The Balaban J connectivity index is 0.689. The van der Waals surface area contributed by atoms with Gasteiger partial charge in [0.25, 0.3) is 5.91 Å². The van der Waals surface area contributed by atoms with E-state index in [1.165, 1.54) is 0 Å². The average Bonchev–Trinajstić information content (AvgIpc) is 3.57. The van der Waals surface area contributed by atoms with Crippen LogP contribution in [-0.2, 0) is 43.5 Å². The molecule has 352 valence electrons. The van der Waals surface area contributed by atoms with E-state index in [-0.39, 0.29) is 18.7 Å². The van der Waals surface area contributed by atoms with Gasteiger partial charge < -0.3 is 19.7 Å². The molecule has 9 rings (SSSR count). The highest BCUT2D eigenvalue weighted by Gasteiger charge is 2.61. The molecule has 0 spiro atoms. The number of amides is 5. The van der Waals surface area contributed by atoms with Crippen LogP contribution in [0.1, 0.15) is 71.8 Å². The zero-order valence-electron chi connectivity index (χ0n) is 39.0. The molecule has 15 nitrogen and oxygen atoms in total. The summed E-state index contributed by atoms with van der Waals surface area (Å²) in [5, 5.41) is 6.49. The molecule has 3 aliphatic heterocycles. The molecule has 5 heterocycles. The van der Waals surface area contributed by atoms with Crippen molar-refractivity contribution in [2.24, 2.45) is 11.3 Å². The summed E-state index contributed by atoms with van der Waals surface area (Å²) < 4.78 is 12.2. The first-order chi connectivity index (χ1) is 33.5. The maximum Gasteiger partial charge on any atom is 0.254 e. The van der Waals surface area contributed by atoms with Crippen molar-refractivity contribution in [3.63, 3.8) is 0 Å². The number of allylic oxidation sites excluding steroid dienone is 2. The predicted octanol–water partition coefficient (Wildman–Crippen LogP) is 6.23. The summed E-state index contributed by atoms with van der Waals surface area (Å²) in [7, 11) is 3.89. The maximum absolute atomic E-state index is 13.7. The predicted molar refractivity (Wildman–Crippen MR) is 259 cm³/mol. The lowest BCUT2D eigenvalue weighted by Crippen LogP contribution is -2.55. The number of imide groups is 2. The van der Waals surface area contributed by atoms with E-state index in [4.69, 9.17) is 19.4 Å². The lowest BCUT2D eigenvalue weighted by Gasteiger charge is -2.32. The fraction of sp³-hybridized carbons (Fsp3) is 0.333. The Kier molecular flexibility index (Phi) is 13.6. The molecule has 1 aliphatic carbocycles. The number of carbonyl (C=O) groups excluding carboxylic acids is 5. The molecule has 5 amide bonds. The minimum atomic E-state index is -1.24. The second-order valence-corrected chi connectivity index (χ2v) is 18.0. The van der Waals surface area contributed by atoms with Gasteiger partial charge in [0.15, 0.2) is 5.82 Å². The summed E-state index contributed by atoms with van der Waals surface area (Å²) in [6.45, 7) is 4.83. The van der Waals surface area contributed by atoms with Gasteiger partial charge in [-0.25, -0.2) is 9.97 Å². The van der Waals surface area contributed by atoms with E-state index in [0.29, 0.717) is 56.4 Å². The summed E-state index contributed by atoms with van der Waals surface area (Å²) >= 11 is 0. The van der Waals surface area contributed by atoms with Crippen molar-refractivity contribution in [3.8, 4) is 29.0 Å². The Labute approximate surface area is 401 Å². The minimum Gasteiger partial charge on any atom is -0.497 e. The van der Waals surface area contributed by atoms with Crippen LogP contribution in [0.15, 0.2) is 109 Å². The third kappa shape index (κ3) is 9.84. The number of aromatic nitrogens is 3. The number of para-hydroxylation sites is 1. The Morgan fingerprint density at radius 3 is 2.58 bits per heavy atom. The molecule has 0 radical (unpaired) electrons.